The Hall–Kier alpha value is -1.86. The summed E-state index contributed by atoms with van der Waals surface area (Å²) in [5.41, 5.74) is 0.550. The monoisotopic (exact) mass is 338 g/mol. The molecular formula is C15H18N2O3S2. The zero-order chi connectivity index (χ0) is 16.2. The Morgan fingerprint density at radius 1 is 1.23 bits per heavy atom. The van der Waals surface area contributed by atoms with Gasteiger partial charge in [-0.15, -0.1) is 11.3 Å². The van der Waals surface area contributed by atoms with Crippen LogP contribution in [0.2, 0.25) is 0 Å². The van der Waals surface area contributed by atoms with Gasteiger partial charge >= 0.3 is 6.03 Å². The van der Waals surface area contributed by atoms with Crippen molar-refractivity contribution in [1.29, 1.82) is 0 Å². The van der Waals surface area contributed by atoms with Crippen molar-refractivity contribution in [2.45, 2.75) is 17.7 Å². The van der Waals surface area contributed by atoms with Gasteiger partial charge in [0.25, 0.3) is 0 Å². The minimum atomic E-state index is -3.22. The first kappa shape index (κ1) is 16.5. The molecule has 1 atom stereocenters. The Bertz CT molecular complexity index is 723. The van der Waals surface area contributed by atoms with Crippen LogP contribution in [-0.2, 0) is 9.84 Å². The summed E-state index contributed by atoms with van der Waals surface area (Å²) in [5.74, 6) is 0.248. The van der Waals surface area contributed by atoms with Crippen LogP contribution in [-0.4, -0.2) is 27.2 Å². The lowest BCUT2D eigenvalue weighted by atomic mass is 10.1. The number of amides is 2. The Kier molecular flexibility index (Phi) is 5.20. The van der Waals surface area contributed by atoms with Gasteiger partial charge in [0, 0.05) is 29.3 Å². The highest BCUT2D eigenvalue weighted by molar-refractivity contribution is 7.90. The van der Waals surface area contributed by atoms with Crippen LogP contribution in [0.3, 0.4) is 0 Å². The summed E-state index contributed by atoms with van der Waals surface area (Å²) in [7, 11) is -3.22. The van der Waals surface area contributed by atoms with Crippen molar-refractivity contribution in [3.63, 3.8) is 0 Å². The standard InChI is InChI=1S/C15H18N2O3S2/c1-11(14-4-3-9-21-14)10-16-15(18)17-12-5-7-13(8-6-12)22(2,19)20/h3-9,11H,10H2,1-2H3,(H2,16,17,18)/t11-/m0/s1. The zero-order valence-electron chi connectivity index (χ0n) is 12.4. The highest BCUT2D eigenvalue weighted by Gasteiger charge is 2.10. The van der Waals surface area contributed by atoms with Crippen molar-refractivity contribution in [3.05, 3.63) is 46.7 Å². The number of benzene rings is 1. The number of urea groups is 1. The average molecular weight is 338 g/mol. The van der Waals surface area contributed by atoms with Gasteiger partial charge in [0.15, 0.2) is 9.84 Å². The van der Waals surface area contributed by atoms with Crippen molar-refractivity contribution in [3.8, 4) is 0 Å². The molecule has 1 aromatic heterocycles. The van der Waals surface area contributed by atoms with Crippen LogP contribution in [0.1, 0.15) is 17.7 Å². The maximum atomic E-state index is 11.8. The minimum absolute atomic E-state index is 0.227. The molecule has 0 bridgehead atoms. The Morgan fingerprint density at radius 2 is 1.91 bits per heavy atom. The Balaban J connectivity index is 1.87. The predicted octanol–water partition coefficient (Wildman–Crippen LogP) is 3.08. The number of hydrogen-bond acceptors (Lipinski definition) is 4. The third kappa shape index (κ3) is 4.57. The van der Waals surface area contributed by atoms with E-state index in [1.54, 1.807) is 23.5 Å². The molecule has 1 heterocycles. The molecule has 0 radical (unpaired) electrons. The van der Waals surface area contributed by atoms with Gasteiger partial charge in [-0.1, -0.05) is 13.0 Å². The maximum absolute atomic E-state index is 11.8. The first-order valence-corrected chi connectivity index (χ1v) is 9.52. The Morgan fingerprint density at radius 3 is 2.45 bits per heavy atom. The molecule has 2 amide bonds. The van der Waals surface area contributed by atoms with E-state index in [2.05, 4.69) is 10.6 Å². The molecule has 22 heavy (non-hydrogen) atoms. The fourth-order valence-corrected chi connectivity index (χ4v) is 3.30. The van der Waals surface area contributed by atoms with Crippen molar-refractivity contribution in [2.75, 3.05) is 18.1 Å². The topological polar surface area (TPSA) is 75.3 Å². The summed E-state index contributed by atoms with van der Waals surface area (Å²) in [4.78, 5) is 13.3. The van der Waals surface area contributed by atoms with Gasteiger partial charge in [0.2, 0.25) is 0 Å². The van der Waals surface area contributed by atoms with E-state index >= 15 is 0 Å². The summed E-state index contributed by atoms with van der Waals surface area (Å²) in [6.45, 7) is 2.58. The molecule has 0 fully saturated rings. The average Bonchev–Trinajstić information content (AvgIpc) is 2.98. The number of hydrogen-bond donors (Lipinski definition) is 2. The summed E-state index contributed by atoms with van der Waals surface area (Å²) in [5, 5.41) is 7.49. The van der Waals surface area contributed by atoms with Crippen LogP contribution in [0.15, 0.2) is 46.7 Å². The molecule has 0 aliphatic heterocycles. The molecule has 0 saturated heterocycles. The quantitative estimate of drug-likeness (QED) is 0.880. The fraction of sp³-hybridized carbons (Fsp3) is 0.267. The molecule has 5 nitrogen and oxygen atoms in total. The lowest BCUT2D eigenvalue weighted by molar-refractivity contribution is 0.251. The van der Waals surface area contributed by atoms with E-state index < -0.39 is 9.84 Å². The Labute approximate surface area is 134 Å². The molecule has 0 spiro atoms. The molecule has 1 aromatic carbocycles. The number of carbonyl (C=O) groups excluding carboxylic acids is 1. The highest BCUT2D eigenvalue weighted by Crippen LogP contribution is 2.19. The third-order valence-electron chi connectivity index (χ3n) is 3.14. The van der Waals surface area contributed by atoms with Gasteiger partial charge < -0.3 is 10.6 Å². The largest absolute Gasteiger partial charge is 0.337 e. The van der Waals surface area contributed by atoms with Crippen LogP contribution in [0, 0.1) is 0 Å². The van der Waals surface area contributed by atoms with E-state index in [4.69, 9.17) is 0 Å². The lowest BCUT2D eigenvalue weighted by Crippen LogP contribution is -2.31. The molecule has 118 valence electrons. The SMILES string of the molecule is C[C@@H](CNC(=O)Nc1ccc(S(C)(=O)=O)cc1)c1cccs1. The van der Waals surface area contributed by atoms with Gasteiger partial charge in [-0.2, -0.15) is 0 Å². The van der Waals surface area contributed by atoms with Gasteiger partial charge in [-0.25, -0.2) is 13.2 Å². The van der Waals surface area contributed by atoms with Crippen LogP contribution >= 0.6 is 11.3 Å². The van der Waals surface area contributed by atoms with E-state index in [0.29, 0.717) is 12.2 Å². The van der Waals surface area contributed by atoms with Crippen molar-refractivity contribution in [1.82, 2.24) is 5.32 Å². The van der Waals surface area contributed by atoms with Crippen molar-refractivity contribution < 1.29 is 13.2 Å². The second-order valence-corrected chi connectivity index (χ2v) is 8.04. The molecule has 0 aliphatic rings. The first-order chi connectivity index (χ1) is 10.4. The van der Waals surface area contributed by atoms with E-state index in [1.165, 1.54) is 17.0 Å². The minimum Gasteiger partial charge on any atom is -0.337 e. The number of anilines is 1. The molecule has 7 heteroatoms. The smallest absolute Gasteiger partial charge is 0.319 e. The van der Waals surface area contributed by atoms with Crippen LogP contribution in [0.4, 0.5) is 10.5 Å². The van der Waals surface area contributed by atoms with Gasteiger partial charge in [0.05, 0.1) is 4.90 Å². The number of rotatable bonds is 5. The highest BCUT2D eigenvalue weighted by atomic mass is 32.2. The molecule has 0 aliphatic carbocycles. The van der Waals surface area contributed by atoms with Crippen LogP contribution in [0.5, 0.6) is 0 Å². The van der Waals surface area contributed by atoms with Crippen LogP contribution < -0.4 is 10.6 Å². The second-order valence-electron chi connectivity index (χ2n) is 5.05. The zero-order valence-corrected chi connectivity index (χ0v) is 14.0. The lowest BCUT2D eigenvalue weighted by Gasteiger charge is -2.12. The molecule has 2 N–H and O–H groups in total. The number of sulfone groups is 1. The normalized spacial score (nSPS) is 12.6. The van der Waals surface area contributed by atoms with E-state index in [0.717, 1.165) is 6.26 Å². The summed E-state index contributed by atoms with van der Waals surface area (Å²) >= 11 is 1.66. The number of carbonyl (C=O) groups is 1. The van der Waals surface area contributed by atoms with E-state index in [-0.39, 0.29) is 16.8 Å². The number of nitrogens with one attached hydrogen (secondary N) is 2. The second kappa shape index (κ2) is 6.93. The summed E-state index contributed by atoms with van der Waals surface area (Å²) in [6.07, 6.45) is 1.15. The van der Waals surface area contributed by atoms with E-state index in [9.17, 15) is 13.2 Å². The summed E-state index contributed by atoms with van der Waals surface area (Å²) < 4.78 is 22.7. The maximum Gasteiger partial charge on any atom is 0.319 e. The van der Waals surface area contributed by atoms with Gasteiger partial charge in [-0.3, -0.25) is 0 Å². The predicted molar refractivity (Wildman–Crippen MR) is 89.3 cm³/mol. The number of thiophene rings is 1. The molecule has 0 saturated carbocycles. The fourth-order valence-electron chi connectivity index (χ4n) is 1.88. The summed E-state index contributed by atoms with van der Waals surface area (Å²) in [6, 6.07) is 9.80. The molecule has 0 unspecified atom stereocenters. The van der Waals surface area contributed by atoms with Crippen molar-refractivity contribution >= 4 is 32.9 Å². The van der Waals surface area contributed by atoms with Crippen LogP contribution in [0.25, 0.3) is 0 Å². The van der Waals surface area contributed by atoms with Crippen molar-refractivity contribution in [2.24, 2.45) is 0 Å². The molecular weight excluding hydrogens is 320 g/mol. The molecule has 2 aromatic rings. The first-order valence-electron chi connectivity index (χ1n) is 6.74. The van der Waals surface area contributed by atoms with Gasteiger partial charge in [0.1, 0.15) is 0 Å². The third-order valence-corrected chi connectivity index (χ3v) is 5.37. The van der Waals surface area contributed by atoms with Gasteiger partial charge in [-0.05, 0) is 35.7 Å². The molecule has 2 rings (SSSR count). The van der Waals surface area contributed by atoms with E-state index in [1.807, 2.05) is 24.4 Å².